The standard InChI is InChI=1S/C11H13FNO/c12-9-1-3-10(4-2-9)14-11-5-7-13-8-6-11/h1-5,11,13H,6-8H2. The van der Waals surface area contributed by atoms with E-state index in [1.807, 2.05) is 0 Å². The topological polar surface area (TPSA) is 21.3 Å². The predicted molar refractivity (Wildman–Crippen MR) is 52.6 cm³/mol. The molecule has 1 radical (unpaired) electrons. The molecule has 1 aliphatic rings. The highest BCUT2D eigenvalue weighted by Gasteiger charge is 2.14. The lowest BCUT2D eigenvalue weighted by atomic mass is 10.1. The molecule has 1 atom stereocenters. The fourth-order valence-electron chi connectivity index (χ4n) is 1.47. The number of nitrogens with one attached hydrogen (secondary N) is 1. The molecule has 0 aliphatic carbocycles. The number of benzene rings is 1. The Morgan fingerprint density at radius 2 is 2.07 bits per heavy atom. The minimum atomic E-state index is -0.230. The van der Waals surface area contributed by atoms with Gasteiger partial charge in [0.1, 0.15) is 17.7 Å². The summed E-state index contributed by atoms with van der Waals surface area (Å²) in [5, 5.41) is 3.21. The highest BCUT2D eigenvalue weighted by atomic mass is 19.1. The fraction of sp³-hybridized carbons (Fsp3) is 0.364. The van der Waals surface area contributed by atoms with Gasteiger partial charge in [0, 0.05) is 13.0 Å². The van der Waals surface area contributed by atoms with Crippen LogP contribution >= 0.6 is 0 Å². The first-order valence-electron chi connectivity index (χ1n) is 4.81. The minimum Gasteiger partial charge on any atom is -0.490 e. The number of hydrogen-bond donors (Lipinski definition) is 1. The van der Waals surface area contributed by atoms with Crippen molar-refractivity contribution in [2.45, 2.75) is 12.5 Å². The van der Waals surface area contributed by atoms with Crippen LogP contribution in [0.15, 0.2) is 24.3 Å². The number of ether oxygens (including phenoxy) is 1. The third-order valence-corrected chi connectivity index (χ3v) is 2.23. The van der Waals surface area contributed by atoms with Crippen LogP contribution in [0.2, 0.25) is 0 Å². The summed E-state index contributed by atoms with van der Waals surface area (Å²) in [5.41, 5.74) is 0. The highest BCUT2D eigenvalue weighted by Crippen LogP contribution is 2.16. The maximum atomic E-state index is 12.6. The zero-order valence-corrected chi connectivity index (χ0v) is 7.87. The molecule has 1 unspecified atom stereocenters. The van der Waals surface area contributed by atoms with E-state index in [9.17, 15) is 4.39 Å². The van der Waals surface area contributed by atoms with Gasteiger partial charge in [-0.25, -0.2) is 4.39 Å². The van der Waals surface area contributed by atoms with Crippen LogP contribution in [0, 0.1) is 12.2 Å². The second-order valence-corrected chi connectivity index (χ2v) is 3.34. The normalized spacial score (nSPS) is 18.1. The first-order valence-corrected chi connectivity index (χ1v) is 4.81. The fourth-order valence-corrected chi connectivity index (χ4v) is 1.47. The van der Waals surface area contributed by atoms with Gasteiger partial charge in [0.15, 0.2) is 0 Å². The first kappa shape index (κ1) is 9.46. The molecule has 0 amide bonds. The van der Waals surface area contributed by atoms with Crippen molar-refractivity contribution < 1.29 is 9.13 Å². The maximum Gasteiger partial charge on any atom is 0.123 e. The van der Waals surface area contributed by atoms with Gasteiger partial charge in [-0.2, -0.15) is 0 Å². The molecule has 1 aromatic rings. The predicted octanol–water partition coefficient (Wildman–Crippen LogP) is 1.77. The van der Waals surface area contributed by atoms with Gasteiger partial charge in [0.05, 0.1) is 0 Å². The zero-order valence-electron chi connectivity index (χ0n) is 7.87. The quantitative estimate of drug-likeness (QED) is 0.774. The van der Waals surface area contributed by atoms with Crippen LogP contribution in [-0.2, 0) is 0 Å². The Morgan fingerprint density at radius 1 is 1.29 bits per heavy atom. The largest absolute Gasteiger partial charge is 0.490 e. The van der Waals surface area contributed by atoms with Crippen molar-refractivity contribution in [2.75, 3.05) is 13.1 Å². The summed E-state index contributed by atoms with van der Waals surface area (Å²) in [6, 6.07) is 6.14. The third-order valence-electron chi connectivity index (χ3n) is 2.23. The van der Waals surface area contributed by atoms with E-state index in [0.29, 0.717) is 0 Å². The van der Waals surface area contributed by atoms with E-state index in [4.69, 9.17) is 4.74 Å². The summed E-state index contributed by atoms with van der Waals surface area (Å²) in [5.74, 6) is 0.501. The first-order chi connectivity index (χ1) is 6.84. The number of rotatable bonds is 2. The Balaban J connectivity index is 1.92. The van der Waals surface area contributed by atoms with Gasteiger partial charge in [0.2, 0.25) is 0 Å². The summed E-state index contributed by atoms with van der Waals surface area (Å²) in [7, 11) is 0. The smallest absolute Gasteiger partial charge is 0.123 e. The molecule has 2 rings (SSSR count). The molecule has 1 N–H and O–H groups in total. The van der Waals surface area contributed by atoms with Crippen LogP contribution in [0.5, 0.6) is 5.75 Å². The second-order valence-electron chi connectivity index (χ2n) is 3.34. The molecule has 1 fully saturated rings. The average molecular weight is 194 g/mol. The van der Waals surface area contributed by atoms with Crippen molar-refractivity contribution in [2.24, 2.45) is 0 Å². The van der Waals surface area contributed by atoms with Gasteiger partial charge in [-0.1, -0.05) is 0 Å². The second kappa shape index (κ2) is 4.42. The zero-order chi connectivity index (χ0) is 9.80. The van der Waals surface area contributed by atoms with Gasteiger partial charge in [0.25, 0.3) is 0 Å². The van der Waals surface area contributed by atoms with E-state index in [-0.39, 0.29) is 11.9 Å². The van der Waals surface area contributed by atoms with E-state index in [1.54, 1.807) is 12.1 Å². The SMILES string of the molecule is Fc1ccc(OC2[CH]CNCC2)cc1. The van der Waals surface area contributed by atoms with Crippen molar-refractivity contribution in [1.29, 1.82) is 0 Å². The van der Waals surface area contributed by atoms with E-state index in [0.717, 1.165) is 25.3 Å². The van der Waals surface area contributed by atoms with Crippen LogP contribution in [0.25, 0.3) is 0 Å². The molecule has 2 nitrogen and oxygen atoms in total. The molecule has 75 valence electrons. The van der Waals surface area contributed by atoms with Crippen molar-refractivity contribution in [1.82, 2.24) is 5.32 Å². The van der Waals surface area contributed by atoms with E-state index >= 15 is 0 Å². The van der Waals surface area contributed by atoms with Crippen LogP contribution in [0.1, 0.15) is 6.42 Å². The molecule has 1 aromatic carbocycles. The van der Waals surface area contributed by atoms with E-state index in [2.05, 4.69) is 11.7 Å². The van der Waals surface area contributed by atoms with Crippen molar-refractivity contribution in [3.63, 3.8) is 0 Å². The molecule has 0 aromatic heterocycles. The van der Waals surface area contributed by atoms with Crippen LogP contribution in [0.3, 0.4) is 0 Å². The monoisotopic (exact) mass is 194 g/mol. The molecule has 0 saturated carbocycles. The summed E-state index contributed by atoms with van der Waals surface area (Å²) in [4.78, 5) is 0. The van der Waals surface area contributed by atoms with Crippen LogP contribution in [0.4, 0.5) is 4.39 Å². The van der Waals surface area contributed by atoms with Crippen molar-refractivity contribution in [3.8, 4) is 5.75 Å². The molecule has 1 heterocycles. The van der Waals surface area contributed by atoms with Gasteiger partial charge >= 0.3 is 0 Å². The number of hydrogen-bond acceptors (Lipinski definition) is 2. The van der Waals surface area contributed by atoms with Gasteiger partial charge in [-0.05, 0) is 37.2 Å². The van der Waals surface area contributed by atoms with Gasteiger partial charge in [-0.15, -0.1) is 0 Å². The average Bonchev–Trinajstić information content (AvgIpc) is 2.23. The Bertz CT molecular complexity index is 280. The van der Waals surface area contributed by atoms with Crippen molar-refractivity contribution >= 4 is 0 Å². The maximum absolute atomic E-state index is 12.6. The molecule has 0 bridgehead atoms. The summed E-state index contributed by atoms with van der Waals surface area (Å²) >= 11 is 0. The molecule has 1 saturated heterocycles. The summed E-state index contributed by atoms with van der Waals surface area (Å²) in [6.45, 7) is 1.86. The lowest BCUT2D eigenvalue weighted by Gasteiger charge is -2.23. The van der Waals surface area contributed by atoms with Crippen LogP contribution < -0.4 is 10.1 Å². The lowest BCUT2D eigenvalue weighted by molar-refractivity contribution is 0.205. The molecule has 3 heteroatoms. The third kappa shape index (κ3) is 2.45. The number of halogens is 1. The summed E-state index contributed by atoms with van der Waals surface area (Å²) < 4.78 is 18.2. The number of piperidine rings is 1. The molecule has 0 spiro atoms. The Labute approximate surface area is 83.1 Å². The lowest BCUT2D eigenvalue weighted by Crippen LogP contribution is -2.34. The van der Waals surface area contributed by atoms with Gasteiger partial charge in [-0.3, -0.25) is 0 Å². The molecule has 14 heavy (non-hydrogen) atoms. The Morgan fingerprint density at radius 3 is 2.71 bits per heavy atom. The van der Waals surface area contributed by atoms with Crippen LogP contribution in [-0.4, -0.2) is 19.2 Å². The molecular formula is C11H13FNO. The Kier molecular flexibility index (Phi) is 2.99. The molecular weight excluding hydrogens is 181 g/mol. The molecule has 1 aliphatic heterocycles. The summed E-state index contributed by atoms with van der Waals surface area (Å²) in [6.07, 6.45) is 3.21. The van der Waals surface area contributed by atoms with Crippen molar-refractivity contribution in [3.05, 3.63) is 36.5 Å². The highest BCUT2D eigenvalue weighted by molar-refractivity contribution is 5.22. The minimum absolute atomic E-state index is 0.154. The van der Waals surface area contributed by atoms with Gasteiger partial charge < -0.3 is 10.1 Å². The Hall–Kier alpha value is -1.09. The van der Waals surface area contributed by atoms with E-state index < -0.39 is 0 Å². The van der Waals surface area contributed by atoms with E-state index in [1.165, 1.54) is 12.1 Å².